The fourth-order valence-electron chi connectivity index (χ4n) is 0.849. The molecule has 7 heteroatoms. The number of aryl methyl sites for hydroxylation is 1. The highest BCUT2D eigenvalue weighted by Crippen LogP contribution is 2.97. The van der Waals surface area contributed by atoms with Crippen molar-refractivity contribution in [1.82, 2.24) is 0 Å². The standard InChI is InChI=1S/C7H7F5OS.C2H6/c1-6-3-2-4-7(5-6)13-14(8,9,10,11)12;1-2/h2-5H,1H3;1-2H3. The summed E-state index contributed by atoms with van der Waals surface area (Å²) in [5.41, 5.74) is 0.407. The zero-order chi connectivity index (χ0) is 13.1. The Labute approximate surface area is 91.2 Å². The lowest BCUT2D eigenvalue weighted by Crippen LogP contribution is -2.13. The average molecular weight is 264 g/mol. The van der Waals surface area contributed by atoms with E-state index in [1.807, 2.05) is 13.8 Å². The van der Waals surface area contributed by atoms with Gasteiger partial charge in [-0.2, -0.15) is 0 Å². The first-order valence-corrected chi connectivity index (χ1v) is 6.34. The number of hydrogen-bond acceptors (Lipinski definition) is 1. The van der Waals surface area contributed by atoms with Gasteiger partial charge in [0, 0.05) is 0 Å². The van der Waals surface area contributed by atoms with E-state index in [9.17, 15) is 19.4 Å². The van der Waals surface area contributed by atoms with Gasteiger partial charge in [-0.15, -0.1) is 0 Å². The Morgan fingerprint density at radius 2 is 1.50 bits per heavy atom. The van der Waals surface area contributed by atoms with Crippen LogP contribution in [-0.2, 0) is 0 Å². The van der Waals surface area contributed by atoms with Crippen molar-refractivity contribution >= 4 is 10.5 Å². The molecule has 0 aliphatic carbocycles. The highest BCUT2D eigenvalue weighted by atomic mass is 32.5. The van der Waals surface area contributed by atoms with Gasteiger partial charge >= 0.3 is 10.5 Å². The molecule has 1 aromatic carbocycles. The maximum Gasteiger partial charge on any atom is 0.435 e. The van der Waals surface area contributed by atoms with Crippen LogP contribution in [-0.4, -0.2) is 0 Å². The lowest BCUT2D eigenvalue weighted by molar-refractivity contribution is 0.243. The molecule has 0 bridgehead atoms. The molecule has 0 saturated heterocycles. The fourth-order valence-corrected chi connectivity index (χ4v) is 1.32. The van der Waals surface area contributed by atoms with Crippen LogP contribution in [0.25, 0.3) is 0 Å². The number of benzene rings is 1. The van der Waals surface area contributed by atoms with Crippen LogP contribution < -0.4 is 4.18 Å². The van der Waals surface area contributed by atoms with E-state index in [1.165, 1.54) is 19.1 Å². The van der Waals surface area contributed by atoms with Gasteiger partial charge in [-0.25, -0.2) is 0 Å². The summed E-state index contributed by atoms with van der Waals surface area (Å²) in [6.45, 7) is 5.47. The van der Waals surface area contributed by atoms with Crippen molar-refractivity contribution in [3.8, 4) is 5.75 Å². The molecule has 0 saturated carbocycles. The SMILES string of the molecule is CC.Cc1cccc(OS(F)(F)(F)(F)F)c1. The normalized spacial score (nSPS) is 15.2. The molecule has 0 aromatic heterocycles. The second-order valence-corrected chi connectivity index (χ2v) is 4.76. The summed E-state index contributed by atoms with van der Waals surface area (Å²) in [6, 6.07) is 4.38. The molecule has 1 nitrogen and oxygen atoms in total. The highest BCUT2D eigenvalue weighted by Gasteiger charge is 2.67. The molecule has 16 heavy (non-hydrogen) atoms. The summed E-state index contributed by atoms with van der Waals surface area (Å²) in [5.74, 6) is -0.899. The van der Waals surface area contributed by atoms with Crippen molar-refractivity contribution < 1.29 is 23.6 Å². The van der Waals surface area contributed by atoms with E-state index in [4.69, 9.17) is 0 Å². The third-order valence-corrected chi connectivity index (χ3v) is 1.75. The minimum atomic E-state index is -9.81. The molecule has 0 radical (unpaired) electrons. The van der Waals surface area contributed by atoms with Crippen molar-refractivity contribution in [2.75, 3.05) is 0 Å². The van der Waals surface area contributed by atoms with E-state index in [2.05, 4.69) is 4.18 Å². The van der Waals surface area contributed by atoms with Crippen molar-refractivity contribution in [2.45, 2.75) is 20.8 Å². The van der Waals surface area contributed by atoms with Crippen LogP contribution in [0.2, 0.25) is 0 Å². The van der Waals surface area contributed by atoms with Crippen molar-refractivity contribution in [2.24, 2.45) is 0 Å². The minimum Gasteiger partial charge on any atom is -0.355 e. The molecule has 0 spiro atoms. The maximum absolute atomic E-state index is 11.8. The predicted molar refractivity (Wildman–Crippen MR) is 56.3 cm³/mol. The fraction of sp³-hybridized carbons (Fsp3) is 0.333. The lowest BCUT2D eigenvalue weighted by atomic mass is 10.2. The third-order valence-electron chi connectivity index (χ3n) is 1.24. The van der Waals surface area contributed by atoms with E-state index in [0.717, 1.165) is 12.1 Å². The molecule has 0 aliphatic rings. The van der Waals surface area contributed by atoms with Crippen molar-refractivity contribution in [1.29, 1.82) is 0 Å². The molecule has 0 heterocycles. The summed E-state index contributed by atoms with van der Waals surface area (Å²) < 4.78 is 61.9. The smallest absolute Gasteiger partial charge is 0.355 e. The lowest BCUT2D eigenvalue weighted by Gasteiger charge is -2.39. The van der Waals surface area contributed by atoms with Crippen LogP contribution in [0.5, 0.6) is 5.75 Å². The second kappa shape index (κ2) is 3.80. The van der Waals surface area contributed by atoms with Gasteiger partial charge in [-0.3, -0.25) is 0 Å². The Morgan fingerprint density at radius 3 is 1.88 bits per heavy atom. The molecule has 0 amide bonds. The molecule has 1 rings (SSSR count). The van der Waals surface area contributed by atoms with Crippen LogP contribution >= 0.6 is 10.5 Å². The minimum absolute atomic E-state index is 0.407. The molecular formula is C9H13F5OS. The van der Waals surface area contributed by atoms with E-state index in [-0.39, 0.29) is 0 Å². The molecule has 1 aromatic rings. The first kappa shape index (κ1) is 15.0. The van der Waals surface area contributed by atoms with Gasteiger partial charge in [0.15, 0.2) is 0 Å². The largest absolute Gasteiger partial charge is 0.435 e. The number of hydrogen-bond donors (Lipinski definition) is 0. The molecule has 0 N–H and O–H groups in total. The summed E-state index contributed by atoms with van der Waals surface area (Å²) in [5, 5.41) is 0. The Balaban J connectivity index is 0.00000106. The van der Waals surface area contributed by atoms with E-state index < -0.39 is 16.3 Å². The van der Waals surface area contributed by atoms with Crippen molar-refractivity contribution in [3.63, 3.8) is 0 Å². The molecule has 0 aliphatic heterocycles. The summed E-state index contributed by atoms with van der Waals surface area (Å²) in [4.78, 5) is 0. The van der Waals surface area contributed by atoms with E-state index in [0.29, 0.717) is 5.56 Å². The Kier molecular flexibility index (Phi) is 3.56. The number of rotatable bonds is 2. The average Bonchev–Trinajstić information content (AvgIpc) is 2.01. The van der Waals surface area contributed by atoms with Gasteiger partial charge in [0.25, 0.3) is 0 Å². The topological polar surface area (TPSA) is 9.23 Å². The van der Waals surface area contributed by atoms with Gasteiger partial charge < -0.3 is 4.18 Å². The van der Waals surface area contributed by atoms with Gasteiger partial charge in [-0.1, -0.05) is 45.4 Å². The van der Waals surface area contributed by atoms with Crippen LogP contribution in [0.1, 0.15) is 19.4 Å². The Hall–Kier alpha value is -0.980. The zero-order valence-electron chi connectivity index (χ0n) is 9.02. The third kappa shape index (κ3) is 7.33. The summed E-state index contributed by atoms with van der Waals surface area (Å²) >= 11 is 0. The zero-order valence-corrected chi connectivity index (χ0v) is 9.83. The first-order chi connectivity index (χ1) is 6.95. The van der Waals surface area contributed by atoms with Gasteiger partial charge in [0.05, 0.1) is 0 Å². The molecular weight excluding hydrogens is 251 g/mol. The van der Waals surface area contributed by atoms with Gasteiger partial charge in [-0.05, 0) is 24.6 Å². The van der Waals surface area contributed by atoms with Crippen LogP contribution in [0.4, 0.5) is 19.4 Å². The van der Waals surface area contributed by atoms with Crippen LogP contribution in [0, 0.1) is 6.92 Å². The van der Waals surface area contributed by atoms with Crippen LogP contribution in [0.15, 0.2) is 24.3 Å². The predicted octanol–water partition coefficient (Wildman–Crippen LogP) is 5.61. The second-order valence-electron chi connectivity index (χ2n) is 2.80. The molecule has 0 atom stereocenters. The maximum atomic E-state index is 11.8. The summed E-state index contributed by atoms with van der Waals surface area (Å²) in [7, 11) is -9.81. The highest BCUT2D eigenvalue weighted by molar-refractivity contribution is 8.42. The van der Waals surface area contributed by atoms with Gasteiger partial charge in [0.1, 0.15) is 5.75 Å². The van der Waals surface area contributed by atoms with E-state index >= 15 is 0 Å². The Morgan fingerprint density at radius 1 is 1.00 bits per heavy atom. The van der Waals surface area contributed by atoms with Crippen LogP contribution in [0.3, 0.4) is 0 Å². The number of halogens is 5. The van der Waals surface area contributed by atoms with E-state index in [1.54, 1.807) is 0 Å². The summed E-state index contributed by atoms with van der Waals surface area (Å²) in [6.07, 6.45) is 0. The molecule has 0 unspecified atom stereocenters. The Bertz CT molecular complexity index is 358. The molecule has 96 valence electrons. The quantitative estimate of drug-likeness (QED) is 0.630. The van der Waals surface area contributed by atoms with Crippen molar-refractivity contribution in [3.05, 3.63) is 29.8 Å². The molecule has 0 fully saturated rings. The first-order valence-electron chi connectivity index (χ1n) is 4.46. The van der Waals surface area contributed by atoms with Gasteiger partial charge in [0.2, 0.25) is 0 Å². The monoisotopic (exact) mass is 264 g/mol.